The number of fused-ring (bicyclic) bond motifs is 3. The predicted octanol–water partition coefficient (Wildman–Crippen LogP) is 2.96. The molecule has 0 aliphatic carbocycles. The maximum Gasteiger partial charge on any atom is 0.282 e. The van der Waals surface area contributed by atoms with Gasteiger partial charge in [0.15, 0.2) is 11.6 Å². The lowest BCUT2D eigenvalue weighted by atomic mass is 9.84. The van der Waals surface area contributed by atoms with Crippen molar-refractivity contribution in [3.63, 3.8) is 0 Å². The summed E-state index contributed by atoms with van der Waals surface area (Å²) in [5.74, 6) is 1.73. The Morgan fingerprint density at radius 1 is 1.23 bits per heavy atom. The summed E-state index contributed by atoms with van der Waals surface area (Å²) < 4.78 is 30.8. The monoisotopic (exact) mass is 513 g/mol. The van der Waals surface area contributed by atoms with Crippen LogP contribution in [0, 0.1) is 24.2 Å². The average molecular weight is 514 g/mol. The number of rotatable bonds is 6. The molecule has 3 saturated heterocycles. The quantitative estimate of drug-likeness (QED) is 0.456. The maximum absolute atomic E-state index is 13.3. The summed E-state index contributed by atoms with van der Waals surface area (Å²) in [6.07, 6.45) is 4.14. The van der Waals surface area contributed by atoms with E-state index < -0.39 is 10.2 Å². The lowest BCUT2D eigenvalue weighted by Gasteiger charge is -2.50. The number of thiophene rings is 1. The number of nitrogens with zero attached hydrogens (tertiary/aromatic N) is 6. The van der Waals surface area contributed by atoms with E-state index in [1.54, 1.807) is 15.6 Å². The van der Waals surface area contributed by atoms with Crippen molar-refractivity contribution in [1.82, 2.24) is 28.8 Å². The van der Waals surface area contributed by atoms with Gasteiger partial charge in [0.05, 0.1) is 22.2 Å². The van der Waals surface area contributed by atoms with Gasteiger partial charge in [-0.15, -0.1) is 11.3 Å². The van der Waals surface area contributed by atoms with Crippen molar-refractivity contribution in [1.29, 1.82) is 5.26 Å². The molecule has 3 N–H and O–H groups in total. The second-order valence-electron chi connectivity index (χ2n) is 9.62. The largest absolute Gasteiger partial charge is 0.351 e. The molecule has 3 aliphatic heterocycles. The molecular formula is C22H27N9O2S2. The predicted molar refractivity (Wildman–Crippen MR) is 134 cm³/mol. The van der Waals surface area contributed by atoms with Crippen molar-refractivity contribution in [2.24, 2.45) is 5.92 Å². The summed E-state index contributed by atoms with van der Waals surface area (Å²) in [6, 6.07) is 6.03. The Kier molecular flexibility index (Phi) is 5.63. The van der Waals surface area contributed by atoms with Gasteiger partial charge < -0.3 is 10.6 Å². The van der Waals surface area contributed by atoms with Crippen LogP contribution in [0.1, 0.15) is 37.8 Å². The smallest absolute Gasteiger partial charge is 0.282 e. The zero-order valence-electron chi connectivity index (χ0n) is 19.3. The number of anilines is 3. The van der Waals surface area contributed by atoms with E-state index in [-0.39, 0.29) is 24.0 Å². The van der Waals surface area contributed by atoms with Gasteiger partial charge in [-0.05, 0) is 44.1 Å². The lowest BCUT2D eigenvalue weighted by molar-refractivity contribution is 0.0983. The SMILES string of the molecule is Cc1cc(Nc2nc(N[C@@H]3C[C@H]4CCC[C@@H](C3)N4S(=O)(=O)N3CC(C#N)C3)nc3ccsc23)n[nH]1. The molecule has 3 aliphatic rings. The Hall–Kier alpha value is -2.79. The van der Waals surface area contributed by atoms with Crippen molar-refractivity contribution in [3.8, 4) is 6.07 Å². The molecule has 6 rings (SSSR count). The van der Waals surface area contributed by atoms with Crippen molar-refractivity contribution >= 4 is 49.3 Å². The molecule has 11 nitrogen and oxygen atoms in total. The van der Waals surface area contributed by atoms with Crippen molar-refractivity contribution in [2.75, 3.05) is 23.7 Å². The number of nitriles is 1. The molecule has 3 aromatic heterocycles. The molecule has 3 aromatic rings. The Morgan fingerprint density at radius 2 is 2.00 bits per heavy atom. The van der Waals surface area contributed by atoms with Crippen LogP contribution in [-0.2, 0) is 10.2 Å². The van der Waals surface area contributed by atoms with E-state index in [0.29, 0.717) is 43.5 Å². The van der Waals surface area contributed by atoms with Crippen LogP contribution in [0.25, 0.3) is 10.2 Å². The van der Waals surface area contributed by atoms with Crippen molar-refractivity contribution < 1.29 is 8.42 Å². The summed E-state index contributed by atoms with van der Waals surface area (Å²) in [5.41, 5.74) is 1.81. The highest BCUT2D eigenvalue weighted by atomic mass is 32.2. The molecular weight excluding hydrogens is 486 g/mol. The first kappa shape index (κ1) is 22.7. The molecule has 184 valence electrons. The zero-order chi connectivity index (χ0) is 24.2. The molecule has 13 heteroatoms. The fraction of sp³-hybridized carbons (Fsp3) is 0.545. The molecule has 0 amide bonds. The highest BCUT2D eigenvalue weighted by molar-refractivity contribution is 7.86. The van der Waals surface area contributed by atoms with Crippen LogP contribution in [0.3, 0.4) is 0 Å². The van der Waals surface area contributed by atoms with E-state index in [2.05, 4.69) is 26.9 Å². The minimum Gasteiger partial charge on any atom is -0.351 e. The van der Waals surface area contributed by atoms with Gasteiger partial charge in [0.1, 0.15) is 0 Å². The average Bonchev–Trinajstić information content (AvgIpc) is 3.41. The van der Waals surface area contributed by atoms with Gasteiger partial charge in [0.25, 0.3) is 10.2 Å². The number of aromatic nitrogens is 4. The molecule has 3 fully saturated rings. The molecule has 0 unspecified atom stereocenters. The number of aryl methyl sites for hydroxylation is 1. The third-order valence-corrected chi connectivity index (χ3v) is 10.1. The minimum absolute atomic E-state index is 0.0550. The third kappa shape index (κ3) is 4.14. The van der Waals surface area contributed by atoms with Crippen LogP contribution >= 0.6 is 11.3 Å². The van der Waals surface area contributed by atoms with E-state index in [4.69, 9.17) is 15.2 Å². The van der Waals surface area contributed by atoms with E-state index >= 15 is 0 Å². The first-order valence-corrected chi connectivity index (χ1v) is 14.2. The van der Waals surface area contributed by atoms with Crippen LogP contribution in [0.2, 0.25) is 0 Å². The minimum atomic E-state index is -3.55. The van der Waals surface area contributed by atoms with Crippen LogP contribution < -0.4 is 10.6 Å². The van der Waals surface area contributed by atoms with Crippen LogP contribution in [-0.4, -0.2) is 68.4 Å². The van der Waals surface area contributed by atoms with E-state index in [1.807, 2.05) is 24.4 Å². The summed E-state index contributed by atoms with van der Waals surface area (Å²) in [5, 5.41) is 25.0. The first-order chi connectivity index (χ1) is 16.9. The molecule has 0 saturated carbocycles. The summed E-state index contributed by atoms with van der Waals surface area (Å²) in [7, 11) is -3.55. The standard InChI is InChI=1S/C22H27N9O2S2/c1-13-7-19(29-28-13)26-21-20-18(5-6-34-20)25-22(27-21)24-15-8-16-3-2-4-17(9-15)31(16)35(32,33)30-11-14(10-23)12-30/h5-7,14-17H,2-4,8-9,11-12H2,1H3,(H3,24,25,26,27,28,29)/t15-,16-,17+. The van der Waals surface area contributed by atoms with Crippen LogP contribution in [0.5, 0.6) is 0 Å². The second-order valence-corrected chi connectivity index (χ2v) is 12.4. The number of piperidine rings is 2. The summed E-state index contributed by atoms with van der Waals surface area (Å²) >= 11 is 1.57. The fourth-order valence-electron chi connectivity index (χ4n) is 5.47. The lowest BCUT2D eigenvalue weighted by Crippen LogP contribution is -2.63. The van der Waals surface area contributed by atoms with Gasteiger partial charge >= 0.3 is 0 Å². The fourth-order valence-corrected chi connectivity index (χ4v) is 8.39. The van der Waals surface area contributed by atoms with Crippen LogP contribution in [0.15, 0.2) is 17.5 Å². The third-order valence-electron chi connectivity index (χ3n) is 7.12. The van der Waals surface area contributed by atoms with Gasteiger partial charge in [-0.25, -0.2) is 4.98 Å². The van der Waals surface area contributed by atoms with Gasteiger partial charge in [0, 0.05) is 43.0 Å². The van der Waals surface area contributed by atoms with Crippen LogP contribution in [0.4, 0.5) is 17.6 Å². The number of nitrogens with one attached hydrogen (secondary N) is 3. The normalized spacial score (nSPS) is 25.8. The highest BCUT2D eigenvalue weighted by Gasteiger charge is 2.49. The Morgan fingerprint density at radius 3 is 2.69 bits per heavy atom. The van der Waals surface area contributed by atoms with E-state index in [1.165, 1.54) is 4.31 Å². The Bertz CT molecular complexity index is 1380. The molecule has 0 radical (unpaired) electrons. The summed E-state index contributed by atoms with van der Waals surface area (Å²) in [6.45, 7) is 2.55. The molecule has 0 spiro atoms. The molecule has 6 heterocycles. The molecule has 0 aromatic carbocycles. The van der Waals surface area contributed by atoms with E-state index in [0.717, 1.165) is 35.2 Å². The number of hydrogen-bond donors (Lipinski definition) is 3. The maximum atomic E-state index is 13.3. The van der Waals surface area contributed by atoms with Gasteiger partial charge in [0.2, 0.25) is 5.95 Å². The highest BCUT2D eigenvalue weighted by Crippen LogP contribution is 2.39. The first-order valence-electron chi connectivity index (χ1n) is 11.9. The zero-order valence-corrected chi connectivity index (χ0v) is 20.9. The molecule has 2 bridgehead atoms. The van der Waals surface area contributed by atoms with Crippen molar-refractivity contribution in [2.45, 2.75) is 57.2 Å². The number of aromatic amines is 1. The molecule has 35 heavy (non-hydrogen) atoms. The van der Waals surface area contributed by atoms with Gasteiger partial charge in [-0.3, -0.25) is 5.10 Å². The molecule has 3 atom stereocenters. The topological polar surface area (TPSA) is 143 Å². The number of H-pyrrole nitrogens is 1. The van der Waals surface area contributed by atoms with Gasteiger partial charge in [-0.2, -0.15) is 32.4 Å². The summed E-state index contributed by atoms with van der Waals surface area (Å²) in [4.78, 5) is 9.47. The second kappa shape index (κ2) is 8.70. The van der Waals surface area contributed by atoms with Crippen molar-refractivity contribution in [3.05, 3.63) is 23.2 Å². The Balaban J connectivity index is 1.21. The number of hydrogen-bond acceptors (Lipinski definition) is 9. The van der Waals surface area contributed by atoms with Gasteiger partial charge in [-0.1, -0.05) is 6.42 Å². The Labute approximate surface area is 207 Å². The van der Waals surface area contributed by atoms with E-state index in [9.17, 15) is 8.42 Å².